The molecule has 1 atom stereocenters. The zero-order valence-corrected chi connectivity index (χ0v) is 17.3. The number of anilines is 1. The van der Waals surface area contributed by atoms with E-state index in [-0.39, 0.29) is 11.1 Å². The number of methoxy groups -OCH3 is 1. The predicted octanol–water partition coefficient (Wildman–Crippen LogP) is 2.05. The predicted molar refractivity (Wildman–Crippen MR) is 104 cm³/mol. The molecule has 0 spiro atoms. The number of carbonyl (C=O) groups excluding carboxylic acids is 2. The number of halogens is 4. The van der Waals surface area contributed by atoms with Crippen LogP contribution in [0.4, 0.5) is 23.2 Å². The van der Waals surface area contributed by atoms with Gasteiger partial charge in [0.1, 0.15) is 5.82 Å². The molecule has 3 N–H and O–H groups in total. The van der Waals surface area contributed by atoms with E-state index in [0.717, 1.165) is 13.2 Å². The van der Waals surface area contributed by atoms with Gasteiger partial charge in [-0.25, -0.2) is 17.6 Å². The molecular formula is C19H18F4N2O6S. The number of benzene rings is 2. The third kappa shape index (κ3) is 6.65. The van der Waals surface area contributed by atoms with Gasteiger partial charge in [-0.15, -0.1) is 0 Å². The van der Waals surface area contributed by atoms with Crippen molar-refractivity contribution in [1.82, 2.24) is 5.32 Å². The van der Waals surface area contributed by atoms with E-state index in [2.05, 4.69) is 10.1 Å². The van der Waals surface area contributed by atoms with E-state index in [1.165, 1.54) is 24.3 Å². The maximum atomic E-state index is 13.3. The molecule has 0 radical (unpaired) electrons. The number of aliphatic hydroxyl groups excluding tert-OH is 1. The van der Waals surface area contributed by atoms with Crippen molar-refractivity contribution in [1.29, 1.82) is 0 Å². The van der Waals surface area contributed by atoms with Crippen molar-refractivity contribution in [2.75, 3.05) is 18.4 Å². The number of hydrogen-bond donors (Lipinski definition) is 3. The zero-order valence-electron chi connectivity index (χ0n) is 16.4. The third-order valence-corrected chi connectivity index (χ3v) is 5.35. The van der Waals surface area contributed by atoms with Crippen LogP contribution in [0.2, 0.25) is 0 Å². The summed E-state index contributed by atoms with van der Waals surface area (Å²) in [5, 5.41) is 11.4. The van der Waals surface area contributed by atoms with E-state index >= 15 is 0 Å². The van der Waals surface area contributed by atoms with Crippen molar-refractivity contribution < 1.29 is 45.4 Å². The normalized spacial score (nSPS) is 12.7. The van der Waals surface area contributed by atoms with E-state index in [0.29, 0.717) is 12.1 Å². The lowest BCUT2D eigenvalue weighted by atomic mass is 10.1. The molecule has 0 saturated carbocycles. The first-order valence-electron chi connectivity index (χ1n) is 8.82. The number of sulfonamides is 1. The summed E-state index contributed by atoms with van der Waals surface area (Å²) in [6.45, 7) is -0.695. The minimum Gasteiger partial charge on any atom is -0.467 e. The highest BCUT2D eigenvalue weighted by Gasteiger charge is 2.34. The van der Waals surface area contributed by atoms with Crippen molar-refractivity contribution in [2.24, 2.45) is 0 Å². The van der Waals surface area contributed by atoms with Gasteiger partial charge in [0.2, 0.25) is 10.0 Å². The summed E-state index contributed by atoms with van der Waals surface area (Å²) in [5.74, 6) is -3.77. The Kier molecular flexibility index (Phi) is 7.80. The molecule has 1 unspecified atom stereocenters. The second kappa shape index (κ2) is 9.96. The molecule has 0 aromatic heterocycles. The van der Waals surface area contributed by atoms with Crippen LogP contribution < -0.4 is 10.0 Å². The van der Waals surface area contributed by atoms with Crippen LogP contribution in [0.25, 0.3) is 0 Å². The fourth-order valence-electron chi connectivity index (χ4n) is 2.56. The van der Waals surface area contributed by atoms with Crippen LogP contribution in [0, 0.1) is 5.82 Å². The quantitative estimate of drug-likeness (QED) is 0.395. The molecule has 1 amide bonds. The monoisotopic (exact) mass is 478 g/mol. The number of esters is 1. The Bertz CT molecular complexity index is 1090. The summed E-state index contributed by atoms with van der Waals surface area (Å²) in [7, 11) is -3.09. The number of amides is 1. The van der Waals surface area contributed by atoms with Crippen LogP contribution in [-0.2, 0) is 31.5 Å². The molecule has 0 aliphatic carbocycles. The average molecular weight is 478 g/mol. The first-order valence-corrected chi connectivity index (χ1v) is 10.5. The Balaban J connectivity index is 2.10. The van der Waals surface area contributed by atoms with E-state index in [9.17, 15) is 35.6 Å². The Morgan fingerprint density at radius 1 is 1.12 bits per heavy atom. The molecule has 0 aliphatic rings. The van der Waals surface area contributed by atoms with Crippen LogP contribution in [0.15, 0.2) is 42.5 Å². The standard InChI is InChI=1S/C19H18F4N2O6S/c1-31-18(28)16(9-26)24-17(27)12-4-2-11(3-5-12)10-32(29,30)25-13-6-7-15(20)14(8-13)19(21,22)23/h2-8,16,25-26H,9-10H2,1H3,(H,24,27). The lowest BCUT2D eigenvalue weighted by molar-refractivity contribution is -0.144. The third-order valence-electron chi connectivity index (χ3n) is 4.09. The SMILES string of the molecule is COC(=O)C(CO)NC(=O)c1ccc(CS(=O)(=O)Nc2ccc(F)c(C(F)(F)F)c2)cc1. The lowest BCUT2D eigenvalue weighted by Crippen LogP contribution is -2.44. The number of hydrogen-bond acceptors (Lipinski definition) is 6. The smallest absolute Gasteiger partial charge is 0.419 e. The summed E-state index contributed by atoms with van der Waals surface area (Å²) in [6, 6.07) is 5.50. The van der Waals surface area contributed by atoms with Gasteiger partial charge >= 0.3 is 12.1 Å². The second-order valence-electron chi connectivity index (χ2n) is 6.48. The fraction of sp³-hybridized carbons (Fsp3) is 0.263. The van der Waals surface area contributed by atoms with Gasteiger partial charge in [0.25, 0.3) is 5.91 Å². The van der Waals surface area contributed by atoms with Crippen molar-refractivity contribution in [3.05, 3.63) is 65.0 Å². The van der Waals surface area contributed by atoms with E-state index in [4.69, 9.17) is 5.11 Å². The number of alkyl halides is 3. The van der Waals surface area contributed by atoms with Crippen LogP contribution in [0.1, 0.15) is 21.5 Å². The highest BCUT2D eigenvalue weighted by Crippen LogP contribution is 2.33. The molecule has 2 aromatic carbocycles. The van der Waals surface area contributed by atoms with Gasteiger partial charge in [-0.05, 0) is 35.9 Å². The Morgan fingerprint density at radius 2 is 1.75 bits per heavy atom. The second-order valence-corrected chi connectivity index (χ2v) is 8.20. The first kappa shape index (κ1) is 25.1. The largest absolute Gasteiger partial charge is 0.467 e. The summed E-state index contributed by atoms with van der Waals surface area (Å²) < 4.78 is 82.6. The van der Waals surface area contributed by atoms with Crippen LogP contribution in [0.3, 0.4) is 0 Å². The van der Waals surface area contributed by atoms with Gasteiger partial charge in [0.05, 0.1) is 25.0 Å². The van der Waals surface area contributed by atoms with Crippen LogP contribution in [-0.4, -0.2) is 45.2 Å². The Labute approximate surface area is 180 Å². The zero-order chi connectivity index (χ0) is 24.1. The highest BCUT2D eigenvalue weighted by atomic mass is 32.2. The van der Waals surface area contributed by atoms with Gasteiger partial charge in [0.15, 0.2) is 6.04 Å². The maximum Gasteiger partial charge on any atom is 0.419 e. The molecule has 8 nitrogen and oxygen atoms in total. The van der Waals surface area contributed by atoms with Gasteiger partial charge in [-0.3, -0.25) is 9.52 Å². The number of aliphatic hydroxyl groups is 1. The molecule has 2 aromatic rings. The first-order chi connectivity index (χ1) is 14.9. The van der Waals surface area contributed by atoms with Crippen LogP contribution in [0.5, 0.6) is 0 Å². The number of carbonyl (C=O) groups is 2. The number of rotatable bonds is 8. The van der Waals surface area contributed by atoms with E-state index < -0.39 is 63.5 Å². The Morgan fingerprint density at radius 3 is 2.28 bits per heavy atom. The summed E-state index contributed by atoms with van der Waals surface area (Å²) in [6.07, 6.45) is -5.00. The summed E-state index contributed by atoms with van der Waals surface area (Å²) in [4.78, 5) is 23.5. The minimum absolute atomic E-state index is 0.0508. The van der Waals surface area contributed by atoms with Gasteiger partial charge in [-0.1, -0.05) is 12.1 Å². The molecule has 0 bridgehead atoms. The molecule has 0 heterocycles. The van der Waals surface area contributed by atoms with Gasteiger partial charge in [-0.2, -0.15) is 13.2 Å². The number of ether oxygens (including phenoxy) is 1. The molecule has 13 heteroatoms. The minimum atomic E-state index is -5.00. The van der Waals surface area contributed by atoms with Crippen molar-refractivity contribution >= 4 is 27.6 Å². The number of nitrogens with one attached hydrogen (secondary N) is 2. The molecule has 0 aliphatic heterocycles. The van der Waals surface area contributed by atoms with Gasteiger partial charge < -0.3 is 15.2 Å². The molecule has 2 rings (SSSR count). The fourth-order valence-corrected chi connectivity index (χ4v) is 3.75. The van der Waals surface area contributed by atoms with Crippen LogP contribution >= 0.6 is 0 Å². The molecule has 32 heavy (non-hydrogen) atoms. The topological polar surface area (TPSA) is 122 Å². The molecule has 174 valence electrons. The van der Waals surface area contributed by atoms with E-state index in [1.807, 2.05) is 4.72 Å². The molecule has 0 fully saturated rings. The van der Waals surface area contributed by atoms with Gasteiger partial charge in [0, 0.05) is 11.3 Å². The Hall–Kier alpha value is -3.19. The summed E-state index contributed by atoms with van der Waals surface area (Å²) >= 11 is 0. The molecular weight excluding hydrogens is 460 g/mol. The van der Waals surface area contributed by atoms with Crippen molar-refractivity contribution in [3.63, 3.8) is 0 Å². The highest BCUT2D eigenvalue weighted by molar-refractivity contribution is 7.91. The van der Waals surface area contributed by atoms with E-state index in [1.54, 1.807) is 0 Å². The average Bonchev–Trinajstić information content (AvgIpc) is 2.71. The van der Waals surface area contributed by atoms with Crippen molar-refractivity contribution in [2.45, 2.75) is 18.0 Å². The summed E-state index contributed by atoms with van der Waals surface area (Å²) in [5.41, 5.74) is -1.83. The maximum absolute atomic E-state index is 13.3. The lowest BCUT2D eigenvalue weighted by Gasteiger charge is -2.14. The molecule has 0 saturated heterocycles. The van der Waals surface area contributed by atoms with Crippen molar-refractivity contribution in [3.8, 4) is 0 Å².